The largest absolute Gasteiger partial charge is 0.326 e. The molecule has 0 atom stereocenters. The molecule has 3 aromatic rings. The number of aryl methyl sites for hydroxylation is 2. The van der Waals surface area contributed by atoms with Gasteiger partial charge >= 0.3 is 0 Å². The molecule has 40 heavy (non-hydrogen) atoms. The number of pyridine rings is 1. The molecule has 0 radical (unpaired) electrons. The number of rotatable bonds is 7. The third-order valence-electron chi connectivity index (χ3n) is 8.02. The van der Waals surface area contributed by atoms with Crippen molar-refractivity contribution in [3.63, 3.8) is 0 Å². The molecule has 8 heteroatoms. The number of carbonyl (C=O) groups is 3. The molecule has 2 aliphatic rings. The molecule has 3 amide bonds. The Morgan fingerprint density at radius 2 is 1.65 bits per heavy atom. The summed E-state index contributed by atoms with van der Waals surface area (Å²) in [5.41, 5.74) is 6.77. The Kier molecular flexibility index (Phi) is 7.47. The number of amides is 3. The first-order valence-electron chi connectivity index (χ1n) is 13.9. The number of nitrogens with zero attached hydrogens (tertiary/aromatic N) is 4. The maximum absolute atomic E-state index is 13.3. The SMILES string of the molecule is CCN1C(=O)C(C)(C)C(=O)N(C)c2cc(CN(Cc3ccc4c(c3)CCC(=O)N4)Cc3cccnc3C)ccc21. The number of anilines is 3. The minimum Gasteiger partial charge on any atom is -0.326 e. The number of hydrogen-bond donors (Lipinski definition) is 1. The molecule has 0 bridgehead atoms. The van der Waals surface area contributed by atoms with Crippen LogP contribution in [0, 0.1) is 12.3 Å². The number of hydrogen-bond acceptors (Lipinski definition) is 5. The van der Waals surface area contributed by atoms with E-state index in [9.17, 15) is 14.4 Å². The van der Waals surface area contributed by atoms with Gasteiger partial charge in [-0.05, 0) is 80.6 Å². The molecular weight excluding hydrogens is 502 g/mol. The van der Waals surface area contributed by atoms with E-state index in [0.29, 0.717) is 32.6 Å². The van der Waals surface area contributed by atoms with Crippen molar-refractivity contribution in [2.75, 3.05) is 28.7 Å². The lowest BCUT2D eigenvalue weighted by Crippen LogP contribution is -2.47. The van der Waals surface area contributed by atoms with E-state index in [2.05, 4.69) is 39.5 Å². The van der Waals surface area contributed by atoms with Gasteiger partial charge in [-0.2, -0.15) is 0 Å². The predicted molar refractivity (Wildman–Crippen MR) is 157 cm³/mol. The molecule has 0 aliphatic carbocycles. The highest BCUT2D eigenvalue weighted by Crippen LogP contribution is 2.39. The normalized spacial score (nSPS) is 16.5. The third kappa shape index (κ3) is 5.23. The fraction of sp³-hybridized carbons (Fsp3) is 0.375. The van der Waals surface area contributed by atoms with Gasteiger partial charge < -0.3 is 15.1 Å². The Labute approximate surface area is 236 Å². The van der Waals surface area contributed by atoms with Gasteiger partial charge in [0.2, 0.25) is 17.7 Å². The zero-order valence-corrected chi connectivity index (χ0v) is 24.0. The predicted octanol–water partition coefficient (Wildman–Crippen LogP) is 4.83. The minimum atomic E-state index is -1.14. The second kappa shape index (κ2) is 10.8. The average Bonchev–Trinajstić information content (AvgIpc) is 2.98. The van der Waals surface area contributed by atoms with Crippen molar-refractivity contribution in [2.45, 2.75) is 60.2 Å². The van der Waals surface area contributed by atoms with Crippen LogP contribution in [0.15, 0.2) is 54.7 Å². The summed E-state index contributed by atoms with van der Waals surface area (Å²) in [7, 11) is 1.75. The van der Waals surface area contributed by atoms with E-state index in [1.165, 1.54) is 5.56 Å². The van der Waals surface area contributed by atoms with Gasteiger partial charge in [-0.15, -0.1) is 0 Å². The lowest BCUT2D eigenvalue weighted by atomic mass is 9.90. The maximum atomic E-state index is 13.3. The summed E-state index contributed by atoms with van der Waals surface area (Å²) in [5.74, 6) is -0.334. The van der Waals surface area contributed by atoms with Crippen LogP contribution in [0.1, 0.15) is 55.1 Å². The first kappa shape index (κ1) is 27.5. The summed E-state index contributed by atoms with van der Waals surface area (Å²) in [5, 5.41) is 2.97. The average molecular weight is 540 g/mol. The van der Waals surface area contributed by atoms with Crippen LogP contribution < -0.4 is 15.1 Å². The molecule has 1 N–H and O–H groups in total. The Bertz CT molecular complexity index is 1480. The van der Waals surface area contributed by atoms with Gasteiger partial charge in [-0.1, -0.05) is 24.3 Å². The van der Waals surface area contributed by atoms with Crippen molar-refractivity contribution in [2.24, 2.45) is 5.41 Å². The van der Waals surface area contributed by atoms with Gasteiger partial charge in [0, 0.05) is 57.2 Å². The highest BCUT2D eigenvalue weighted by Gasteiger charge is 2.45. The molecular formula is C32H37N5O3. The van der Waals surface area contributed by atoms with Crippen LogP contribution in [-0.2, 0) is 40.4 Å². The standard InChI is InChI=1S/C32H37N5O3/c1-6-37-27-13-10-23(17-28(27)35(5)30(39)32(3,4)31(37)40)19-36(20-25-8-7-15-33-21(25)2)18-22-9-12-26-24(16-22)11-14-29(38)34-26/h7-10,12-13,15-17H,6,11,14,18-20H2,1-5H3,(H,34,38). The topological polar surface area (TPSA) is 85.9 Å². The zero-order chi connectivity index (χ0) is 28.6. The van der Waals surface area contributed by atoms with E-state index in [1.54, 1.807) is 30.7 Å². The Morgan fingerprint density at radius 3 is 2.38 bits per heavy atom. The van der Waals surface area contributed by atoms with Gasteiger partial charge in [-0.3, -0.25) is 24.3 Å². The summed E-state index contributed by atoms with van der Waals surface area (Å²) in [6.07, 6.45) is 3.05. The Hall–Kier alpha value is -4.04. The van der Waals surface area contributed by atoms with E-state index >= 15 is 0 Å². The first-order chi connectivity index (χ1) is 19.1. The van der Waals surface area contributed by atoms with Crippen molar-refractivity contribution in [3.8, 4) is 0 Å². The van der Waals surface area contributed by atoms with Crippen molar-refractivity contribution >= 4 is 34.8 Å². The van der Waals surface area contributed by atoms with Crippen molar-refractivity contribution in [1.82, 2.24) is 9.88 Å². The minimum absolute atomic E-state index is 0.0623. The molecule has 0 saturated carbocycles. The van der Waals surface area contributed by atoms with E-state index in [4.69, 9.17) is 0 Å². The second-order valence-electron chi connectivity index (χ2n) is 11.3. The summed E-state index contributed by atoms with van der Waals surface area (Å²) in [4.78, 5) is 48.6. The fourth-order valence-electron chi connectivity index (χ4n) is 5.69. The second-order valence-corrected chi connectivity index (χ2v) is 11.3. The highest BCUT2D eigenvalue weighted by atomic mass is 16.2. The molecule has 0 unspecified atom stereocenters. The molecule has 8 nitrogen and oxygen atoms in total. The molecule has 3 heterocycles. The van der Waals surface area contributed by atoms with Crippen LogP contribution in [-0.4, -0.2) is 41.2 Å². The molecule has 0 spiro atoms. The van der Waals surface area contributed by atoms with Crippen molar-refractivity contribution in [1.29, 1.82) is 0 Å². The highest BCUT2D eigenvalue weighted by molar-refractivity contribution is 6.19. The number of carbonyl (C=O) groups excluding carboxylic acids is 3. The molecule has 2 aromatic carbocycles. The molecule has 2 aliphatic heterocycles. The van der Waals surface area contributed by atoms with Gasteiger partial charge in [-0.25, -0.2) is 0 Å². The van der Waals surface area contributed by atoms with Crippen LogP contribution in [0.25, 0.3) is 0 Å². The number of fused-ring (bicyclic) bond motifs is 2. The molecule has 208 valence electrons. The summed E-state index contributed by atoms with van der Waals surface area (Å²) in [6, 6.07) is 16.4. The van der Waals surface area contributed by atoms with Gasteiger partial charge in [0.05, 0.1) is 11.4 Å². The number of nitrogens with one attached hydrogen (secondary N) is 1. The molecule has 1 aromatic heterocycles. The van der Waals surface area contributed by atoms with Gasteiger partial charge in [0.25, 0.3) is 0 Å². The third-order valence-corrected chi connectivity index (χ3v) is 8.02. The van der Waals surface area contributed by atoms with E-state index in [-0.39, 0.29) is 17.7 Å². The van der Waals surface area contributed by atoms with Crippen molar-refractivity contribution < 1.29 is 14.4 Å². The zero-order valence-electron chi connectivity index (χ0n) is 24.0. The molecule has 0 saturated heterocycles. The van der Waals surface area contributed by atoms with Crippen LogP contribution in [0.2, 0.25) is 0 Å². The monoisotopic (exact) mass is 539 g/mol. The van der Waals surface area contributed by atoms with E-state index in [0.717, 1.165) is 45.9 Å². The quantitative estimate of drug-likeness (QED) is 0.435. The fourth-order valence-corrected chi connectivity index (χ4v) is 5.69. The van der Waals surface area contributed by atoms with E-state index in [1.807, 2.05) is 44.3 Å². The molecule has 5 rings (SSSR count). The lowest BCUT2D eigenvalue weighted by molar-refractivity contribution is -0.137. The van der Waals surface area contributed by atoms with Crippen LogP contribution in [0.5, 0.6) is 0 Å². The summed E-state index contributed by atoms with van der Waals surface area (Å²) >= 11 is 0. The van der Waals surface area contributed by atoms with Crippen LogP contribution in [0.3, 0.4) is 0 Å². The Morgan fingerprint density at radius 1 is 0.925 bits per heavy atom. The van der Waals surface area contributed by atoms with E-state index < -0.39 is 5.41 Å². The van der Waals surface area contributed by atoms with Gasteiger partial charge in [0.15, 0.2) is 0 Å². The van der Waals surface area contributed by atoms with Crippen LogP contribution >= 0.6 is 0 Å². The summed E-state index contributed by atoms with van der Waals surface area (Å²) < 4.78 is 0. The van der Waals surface area contributed by atoms with Gasteiger partial charge in [0.1, 0.15) is 5.41 Å². The number of aromatic nitrogens is 1. The smallest absolute Gasteiger partial charge is 0.242 e. The first-order valence-corrected chi connectivity index (χ1v) is 13.9. The molecule has 0 fully saturated rings. The Balaban J connectivity index is 1.48. The number of benzene rings is 2. The van der Waals surface area contributed by atoms with Crippen LogP contribution in [0.4, 0.5) is 17.1 Å². The lowest BCUT2D eigenvalue weighted by Gasteiger charge is -2.27. The summed E-state index contributed by atoms with van der Waals surface area (Å²) in [6.45, 7) is 9.89. The van der Waals surface area contributed by atoms with Crippen molar-refractivity contribution in [3.05, 3.63) is 82.7 Å². The maximum Gasteiger partial charge on any atom is 0.242 e.